The van der Waals surface area contributed by atoms with Crippen LogP contribution in [-0.4, -0.2) is 47.9 Å². The van der Waals surface area contributed by atoms with E-state index in [4.69, 9.17) is 9.72 Å². The molecule has 1 N–H and O–H groups in total. The molecule has 1 saturated carbocycles. The van der Waals surface area contributed by atoms with Gasteiger partial charge in [0.1, 0.15) is 5.82 Å². The molecule has 0 unspecified atom stereocenters. The fourth-order valence-electron chi connectivity index (χ4n) is 4.69. The van der Waals surface area contributed by atoms with Crippen molar-refractivity contribution in [3.8, 4) is 17.3 Å². The van der Waals surface area contributed by atoms with Gasteiger partial charge in [-0.1, -0.05) is 29.8 Å². The van der Waals surface area contributed by atoms with Gasteiger partial charge in [-0.25, -0.2) is 23.5 Å². The number of aliphatic hydroxyl groups is 1. The number of alkyl halides is 2. The van der Waals surface area contributed by atoms with E-state index in [9.17, 15) is 23.5 Å². The highest BCUT2D eigenvalue weighted by atomic mass is 19.3. The molecule has 0 aliphatic heterocycles. The lowest BCUT2D eigenvalue weighted by Gasteiger charge is -2.15. The molecule has 1 aromatic carbocycles. The lowest BCUT2D eigenvalue weighted by Crippen LogP contribution is -2.41. The van der Waals surface area contributed by atoms with Crippen LogP contribution in [0.5, 0.6) is 5.88 Å². The molecule has 0 spiro atoms. The predicted molar refractivity (Wildman–Crippen MR) is 142 cm³/mol. The maximum Gasteiger partial charge on any atom is 0.332 e. The summed E-state index contributed by atoms with van der Waals surface area (Å²) in [5.41, 5.74) is 1.81. The number of imidazole rings is 1. The highest BCUT2D eigenvalue weighted by Crippen LogP contribution is 2.48. The summed E-state index contributed by atoms with van der Waals surface area (Å²) < 4.78 is 37.1. The van der Waals surface area contributed by atoms with Crippen molar-refractivity contribution in [1.29, 1.82) is 0 Å². The van der Waals surface area contributed by atoms with Crippen LogP contribution in [0.25, 0.3) is 22.6 Å². The average molecular weight is 540 g/mol. The molecule has 4 aromatic rings. The minimum absolute atomic E-state index is 0.0543. The number of rotatable bonds is 10. The molecule has 11 heteroatoms. The third-order valence-electron chi connectivity index (χ3n) is 6.97. The first-order chi connectivity index (χ1) is 18.6. The minimum atomic E-state index is -2.74. The van der Waals surface area contributed by atoms with E-state index in [1.807, 2.05) is 45.0 Å². The largest absolute Gasteiger partial charge is 0.477 e. The highest BCUT2D eigenvalue weighted by Gasteiger charge is 2.57. The number of ether oxygens (including phenoxy) is 1. The summed E-state index contributed by atoms with van der Waals surface area (Å²) in [7, 11) is 0. The number of pyridine rings is 1. The van der Waals surface area contributed by atoms with Crippen molar-refractivity contribution in [2.45, 2.75) is 58.7 Å². The maximum atomic E-state index is 13.8. The molecular weight excluding hydrogens is 508 g/mol. The van der Waals surface area contributed by atoms with Gasteiger partial charge in [0, 0.05) is 38.4 Å². The number of halogens is 2. The Labute approximate surface area is 223 Å². The van der Waals surface area contributed by atoms with E-state index in [0.717, 1.165) is 15.7 Å². The van der Waals surface area contributed by atoms with Gasteiger partial charge in [-0.05, 0) is 44.9 Å². The van der Waals surface area contributed by atoms with Gasteiger partial charge >= 0.3 is 5.69 Å². The number of nitrogens with zero attached hydrogens (tertiary/aromatic N) is 5. The number of aryl methyl sites for hydroxylation is 1. The van der Waals surface area contributed by atoms with Crippen molar-refractivity contribution in [3.05, 3.63) is 74.6 Å². The summed E-state index contributed by atoms with van der Waals surface area (Å²) in [6, 6.07) is 10.9. The number of hydrogen-bond donors (Lipinski definition) is 1. The second-order valence-electron chi connectivity index (χ2n) is 10.3. The summed E-state index contributed by atoms with van der Waals surface area (Å²) >= 11 is 0. The molecule has 3 heterocycles. The summed E-state index contributed by atoms with van der Waals surface area (Å²) in [6.07, 6.45) is 1.52. The van der Waals surface area contributed by atoms with Gasteiger partial charge in [-0.2, -0.15) is 0 Å². The zero-order chi connectivity index (χ0) is 27.9. The first-order valence-corrected chi connectivity index (χ1v) is 13.0. The molecule has 0 amide bonds. The number of hydrogen-bond acceptors (Lipinski definition) is 6. The lowest BCUT2D eigenvalue weighted by molar-refractivity contribution is 0.0850. The van der Waals surface area contributed by atoms with Crippen LogP contribution in [0.3, 0.4) is 0 Å². The Bertz CT molecular complexity index is 1620. The van der Waals surface area contributed by atoms with Gasteiger partial charge in [0.25, 0.3) is 11.5 Å². The smallest absolute Gasteiger partial charge is 0.332 e. The molecule has 1 aliphatic carbocycles. The Morgan fingerprint density at radius 3 is 2.51 bits per heavy atom. The predicted octanol–water partition coefficient (Wildman–Crippen LogP) is 3.78. The molecule has 5 rings (SSSR count). The Balaban J connectivity index is 1.74. The van der Waals surface area contributed by atoms with E-state index in [1.165, 1.54) is 10.8 Å². The first kappa shape index (κ1) is 26.7. The lowest BCUT2D eigenvalue weighted by atomic mass is 10.1. The van der Waals surface area contributed by atoms with Crippen LogP contribution < -0.4 is 16.0 Å². The molecule has 0 saturated heterocycles. The van der Waals surface area contributed by atoms with Crippen molar-refractivity contribution in [2.24, 2.45) is 5.92 Å². The van der Waals surface area contributed by atoms with E-state index < -0.39 is 23.1 Å². The van der Waals surface area contributed by atoms with E-state index in [0.29, 0.717) is 11.4 Å². The van der Waals surface area contributed by atoms with E-state index in [2.05, 4.69) is 4.98 Å². The Hall–Kier alpha value is -3.86. The van der Waals surface area contributed by atoms with Gasteiger partial charge in [-0.15, -0.1) is 0 Å². The molecule has 3 aromatic heterocycles. The van der Waals surface area contributed by atoms with Crippen molar-refractivity contribution in [2.75, 3.05) is 13.2 Å². The maximum absolute atomic E-state index is 13.8. The quantitative estimate of drug-likeness (QED) is 0.329. The first-order valence-electron chi connectivity index (χ1n) is 13.0. The van der Waals surface area contributed by atoms with Crippen molar-refractivity contribution in [1.82, 2.24) is 23.7 Å². The summed E-state index contributed by atoms with van der Waals surface area (Å²) in [5.74, 6) is -3.15. The van der Waals surface area contributed by atoms with E-state index >= 15 is 0 Å². The highest BCUT2D eigenvalue weighted by molar-refractivity contribution is 5.78. The Morgan fingerprint density at radius 2 is 1.87 bits per heavy atom. The second kappa shape index (κ2) is 10.4. The molecule has 9 nitrogen and oxygen atoms in total. The molecule has 0 radical (unpaired) electrons. The average Bonchev–Trinajstić information content (AvgIpc) is 3.35. The van der Waals surface area contributed by atoms with Crippen LogP contribution in [0.4, 0.5) is 8.78 Å². The monoisotopic (exact) mass is 539 g/mol. The normalized spacial score (nSPS) is 16.2. The number of aliphatic hydroxyl groups excluding tert-OH is 1. The van der Waals surface area contributed by atoms with Gasteiger partial charge in [0.2, 0.25) is 5.88 Å². The van der Waals surface area contributed by atoms with Gasteiger partial charge < -0.3 is 14.4 Å². The molecule has 206 valence electrons. The molecule has 1 fully saturated rings. The van der Waals surface area contributed by atoms with Crippen LogP contribution in [0, 0.1) is 12.8 Å². The Kier molecular flexibility index (Phi) is 7.11. The molecule has 1 atom stereocenters. The number of fused-ring (bicyclic) bond motifs is 1. The molecule has 1 aliphatic rings. The summed E-state index contributed by atoms with van der Waals surface area (Å²) in [5, 5.41) is 9.37. The zero-order valence-electron chi connectivity index (χ0n) is 22.1. The zero-order valence-corrected chi connectivity index (χ0v) is 22.1. The van der Waals surface area contributed by atoms with Crippen LogP contribution in [0.15, 0.2) is 52.2 Å². The SMILES string of the molecule is Cc1ccc(Cn2c(-c3cccnc3OC[C@@H]3CC3(F)F)nc3c2c(=O)n(CCCO)c(=O)n3C(C)C)cc1. The van der Waals surface area contributed by atoms with Crippen LogP contribution in [-0.2, 0) is 13.1 Å². The molecule has 39 heavy (non-hydrogen) atoms. The van der Waals surface area contributed by atoms with Crippen molar-refractivity contribution in [3.63, 3.8) is 0 Å². The van der Waals surface area contributed by atoms with Crippen LogP contribution in [0.1, 0.15) is 43.9 Å². The Morgan fingerprint density at radius 1 is 1.15 bits per heavy atom. The van der Waals surface area contributed by atoms with Crippen LogP contribution in [0.2, 0.25) is 0 Å². The van der Waals surface area contributed by atoms with Crippen molar-refractivity contribution >= 4 is 11.2 Å². The summed E-state index contributed by atoms with van der Waals surface area (Å²) in [6.45, 7) is 5.58. The number of aromatic nitrogens is 5. The van der Waals surface area contributed by atoms with E-state index in [-0.39, 0.29) is 62.2 Å². The van der Waals surface area contributed by atoms with Crippen LogP contribution >= 0.6 is 0 Å². The second-order valence-corrected chi connectivity index (χ2v) is 10.3. The topological polar surface area (TPSA) is 104 Å². The minimum Gasteiger partial charge on any atom is -0.477 e. The number of benzene rings is 1. The van der Waals surface area contributed by atoms with Crippen molar-refractivity contribution < 1.29 is 18.6 Å². The molecular formula is C28H31F2N5O4. The van der Waals surface area contributed by atoms with E-state index in [1.54, 1.807) is 16.7 Å². The summed E-state index contributed by atoms with van der Waals surface area (Å²) in [4.78, 5) is 36.3. The molecule has 0 bridgehead atoms. The van der Waals surface area contributed by atoms with Gasteiger partial charge in [0.05, 0.1) is 18.1 Å². The van der Waals surface area contributed by atoms with Gasteiger partial charge in [0.15, 0.2) is 11.2 Å². The fourth-order valence-corrected chi connectivity index (χ4v) is 4.69. The third-order valence-corrected chi connectivity index (χ3v) is 6.97. The fraction of sp³-hybridized carbons (Fsp3) is 0.429. The van der Waals surface area contributed by atoms with Gasteiger partial charge in [-0.3, -0.25) is 13.9 Å². The third kappa shape index (κ3) is 5.10. The standard InChI is InChI=1S/C28H31F2N5O4/c1-17(2)35-24-22(26(37)33(27(35)38)12-5-13-36)34(15-19-9-7-18(3)8-10-19)23(32-24)21-6-4-11-31-25(21)39-16-20-14-28(20,29)30/h4,6-11,17,20,36H,5,12-16H2,1-3H3/t20-/m0/s1.